The topological polar surface area (TPSA) is 76.4 Å². The van der Waals surface area contributed by atoms with Gasteiger partial charge in [0.2, 0.25) is 5.91 Å². The number of amides is 1. The van der Waals surface area contributed by atoms with E-state index in [0.717, 1.165) is 30.5 Å². The highest BCUT2D eigenvalue weighted by Gasteiger charge is 2.06. The van der Waals surface area contributed by atoms with Gasteiger partial charge in [0.05, 0.1) is 6.61 Å². The van der Waals surface area contributed by atoms with E-state index < -0.39 is 0 Å². The molecule has 0 aliphatic heterocycles. The van der Waals surface area contributed by atoms with Gasteiger partial charge >= 0.3 is 6.01 Å². The molecule has 0 saturated heterocycles. The highest BCUT2D eigenvalue weighted by Crippen LogP contribution is 2.17. The number of benzene rings is 2. The lowest BCUT2D eigenvalue weighted by atomic mass is 10.2. The normalized spacial score (nSPS) is 10.7. The van der Waals surface area contributed by atoms with Crippen molar-refractivity contribution in [2.75, 3.05) is 12.0 Å². The molecule has 3 rings (SSSR count). The lowest BCUT2D eigenvalue weighted by Gasteiger charge is -2.06. The Kier molecular flexibility index (Phi) is 6.33. The molecule has 26 heavy (non-hydrogen) atoms. The summed E-state index contributed by atoms with van der Waals surface area (Å²) < 4.78 is 11.1. The van der Waals surface area contributed by atoms with Crippen molar-refractivity contribution in [3.8, 4) is 5.75 Å². The minimum Gasteiger partial charge on any atom is -0.494 e. The van der Waals surface area contributed by atoms with Crippen LogP contribution in [0.3, 0.4) is 0 Å². The van der Waals surface area contributed by atoms with Crippen LogP contribution in [0.1, 0.15) is 25.7 Å². The van der Waals surface area contributed by atoms with E-state index in [1.54, 1.807) is 12.1 Å². The van der Waals surface area contributed by atoms with E-state index >= 15 is 0 Å². The van der Waals surface area contributed by atoms with Gasteiger partial charge in [-0.1, -0.05) is 23.7 Å². The minimum atomic E-state index is -0.106. The van der Waals surface area contributed by atoms with Crippen molar-refractivity contribution >= 4 is 34.6 Å². The van der Waals surface area contributed by atoms with Crippen LogP contribution in [-0.4, -0.2) is 17.5 Å². The molecule has 6 nitrogen and oxygen atoms in total. The lowest BCUT2D eigenvalue weighted by Crippen LogP contribution is -2.29. The summed E-state index contributed by atoms with van der Waals surface area (Å²) in [6, 6.07) is 15.0. The Morgan fingerprint density at radius 2 is 1.88 bits per heavy atom. The van der Waals surface area contributed by atoms with E-state index in [1.807, 2.05) is 36.4 Å². The van der Waals surface area contributed by atoms with Crippen molar-refractivity contribution in [2.24, 2.45) is 0 Å². The molecule has 1 heterocycles. The number of anilines is 1. The van der Waals surface area contributed by atoms with E-state index in [1.165, 1.54) is 0 Å². The number of oxazole rings is 1. The van der Waals surface area contributed by atoms with Crippen molar-refractivity contribution in [1.29, 1.82) is 0 Å². The van der Waals surface area contributed by atoms with Crippen LogP contribution in [0.4, 0.5) is 6.01 Å². The molecule has 1 aromatic heterocycles. The SMILES string of the molecule is O=C(CCCCCOc1ccc(Cl)cc1)NNc1nc2ccccc2o1. The standard InChI is InChI=1S/C19H20ClN3O3/c20-14-9-11-15(12-10-14)25-13-5-1-2-8-18(24)22-23-19-21-16-6-3-4-7-17(16)26-19/h3-4,6-7,9-12H,1-2,5,8,13H2,(H,21,23)(H,22,24). The maximum absolute atomic E-state index is 11.8. The maximum atomic E-state index is 11.8. The Bertz CT molecular complexity index is 816. The van der Waals surface area contributed by atoms with Crippen molar-refractivity contribution in [3.63, 3.8) is 0 Å². The predicted molar refractivity (Wildman–Crippen MR) is 101 cm³/mol. The van der Waals surface area contributed by atoms with Gasteiger partial charge in [0.25, 0.3) is 0 Å². The van der Waals surface area contributed by atoms with E-state index in [2.05, 4.69) is 15.8 Å². The van der Waals surface area contributed by atoms with Gasteiger partial charge < -0.3 is 9.15 Å². The van der Waals surface area contributed by atoms with Gasteiger partial charge in [0.1, 0.15) is 11.3 Å². The Balaban J connectivity index is 1.27. The molecule has 0 aliphatic rings. The van der Waals surface area contributed by atoms with Crippen LogP contribution in [0.25, 0.3) is 11.1 Å². The summed E-state index contributed by atoms with van der Waals surface area (Å²) in [6.45, 7) is 0.615. The zero-order valence-corrected chi connectivity index (χ0v) is 15.0. The van der Waals surface area contributed by atoms with Gasteiger partial charge in [-0.05, 0) is 55.7 Å². The number of ether oxygens (including phenoxy) is 1. The number of carbonyl (C=O) groups excluding carboxylic acids is 1. The van der Waals surface area contributed by atoms with Gasteiger partial charge in [-0.2, -0.15) is 4.98 Å². The minimum absolute atomic E-state index is 0.106. The molecule has 1 amide bonds. The highest BCUT2D eigenvalue weighted by molar-refractivity contribution is 6.30. The number of para-hydroxylation sites is 2. The van der Waals surface area contributed by atoms with Gasteiger partial charge in [0, 0.05) is 11.4 Å². The molecule has 2 aromatic carbocycles. The van der Waals surface area contributed by atoms with Crippen molar-refractivity contribution < 1.29 is 13.9 Å². The zero-order valence-electron chi connectivity index (χ0n) is 14.2. The summed E-state index contributed by atoms with van der Waals surface area (Å²) in [7, 11) is 0. The number of fused-ring (bicyclic) bond motifs is 1. The highest BCUT2D eigenvalue weighted by atomic mass is 35.5. The first kappa shape index (κ1) is 18.1. The Morgan fingerprint density at radius 3 is 2.69 bits per heavy atom. The number of hydrazine groups is 1. The largest absolute Gasteiger partial charge is 0.494 e. The molecule has 0 fully saturated rings. The molecule has 0 saturated carbocycles. The van der Waals surface area contributed by atoms with Crippen LogP contribution in [-0.2, 0) is 4.79 Å². The molecule has 0 aliphatic carbocycles. The van der Waals surface area contributed by atoms with Gasteiger partial charge in [0.15, 0.2) is 5.58 Å². The maximum Gasteiger partial charge on any atom is 0.315 e. The Labute approximate surface area is 156 Å². The second-order valence-electron chi connectivity index (χ2n) is 5.77. The smallest absolute Gasteiger partial charge is 0.315 e. The summed E-state index contributed by atoms with van der Waals surface area (Å²) in [5.41, 5.74) is 6.70. The summed E-state index contributed by atoms with van der Waals surface area (Å²) >= 11 is 5.82. The summed E-state index contributed by atoms with van der Waals surface area (Å²) in [4.78, 5) is 16.1. The fourth-order valence-electron chi connectivity index (χ4n) is 2.40. The van der Waals surface area contributed by atoms with E-state index in [0.29, 0.717) is 23.6 Å². The number of aromatic nitrogens is 1. The van der Waals surface area contributed by atoms with E-state index in [4.69, 9.17) is 20.8 Å². The molecule has 0 spiro atoms. The van der Waals surface area contributed by atoms with Crippen molar-refractivity contribution in [1.82, 2.24) is 10.4 Å². The third-order valence-corrected chi connectivity index (χ3v) is 3.99. The zero-order chi connectivity index (χ0) is 18.2. The number of halogens is 1. The van der Waals surface area contributed by atoms with Gasteiger partial charge in [-0.25, -0.2) is 0 Å². The third kappa shape index (κ3) is 5.39. The molecule has 0 radical (unpaired) electrons. The fraction of sp³-hybridized carbons (Fsp3) is 0.263. The van der Waals surface area contributed by atoms with E-state index in [9.17, 15) is 4.79 Å². The van der Waals surface area contributed by atoms with Crippen LogP contribution in [0.5, 0.6) is 5.75 Å². The molecule has 3 aromatic rings. The lowest BCUT2D eigenvalue weighted by molar-refractivity contribution is -0.120. The molecular formula is C19H20ClN3O3. The number of nitrogens with zero attached hydrogens (tertiary/aromatic N) is 1. The molecule has 7 heteroatoms. The second kappa shape index (κ2) is 9.10. The molecule has 136 valence electrons. The first-order chi connectivity index (χ1) is 12.7. The number of hydrogen-bond acceptors (Lipinski definition) is 5. The fourth-order valence-corrected chi connectivity index (χ4v) is 2.52. The number of rotatable bonds is 9. The van der Waals surface area contributed by atoms with Crippen LogP contribution in [0, 0.1) is 0 Å². The van der Waals surface area contributed by atoms with Gasteiger partial charge in [-0.15, -0.1) is 0 Å². The average Bonchev–Trinajstić information content (AvgIpc) is 3.07. The monoisotopic (exact) mass is 373 g/mol. The Morgan fingerprint density at radius 1 is 1.08 bits per heavy atom. The van der Waals surface area contributed by atoms with Crippen LogP contribution < -0.4 is 15.6 Å². The number of hydrogen-bond donors (Lipinski definition) is 2. The van der Waals surface area contributed by atoms with Crippen LogP contribution in [0.15, 0.2) is 52.9 Å². The van der Waals surface area contributed by atoms with Crippen LogP contribution in [0.2, 0.25) is 5.02 Å². The summed E-state index contributed by atoms with van der Waals surface area (Å²) in [5.74, 6) is 0.695. The van der Waals surface area contributed by atoms with Crippen molar-refractivity contribution in [3.05, 3.63) is 53.6 Å². The summed E-state index contributed by atoms with van der Waals surface area (Å²) in [5, 5.41) is 0.690. The molecule has 0 atom stereocenters. The van der Waals surface area contributed by atoms with Crippen LogP contribution >= 0.6 is 11.6 Å². The number of carbonyl (C=O) groups is 1. The van der Waals surface area contributed by atoms with E-state index in [-0.39, 0.29) is 11.9 Å². The quantitative estimate of drug-likeness (QED) is 0.424. The molecular weight excluding hydrogens is 354 g/mol. The molecule has 0 unspecified atom stereocenters. The molecule has 0 bridgehead atoms. The first-order valence-corrected chi connectivity index (χ1v) is 8.87. The summed E-state index contributed by atoms with van der Waals surface area (Å²) in [6.07, 6.45) is 3.00. The van der Waals surface area contributed by atoms with Crippen molar-refractivity contribution in [2.45, 2.75) is 25.7 Å². The average molecular weight is 374 g/mol. The van der Waals surface area contributed by atoms with Gasteiger partial charge in [-0.3, -0.25) is 15.6 Å². The number of unbranched alkanes of at least 4 members (excludes halogenated alkanes) is 2. The first-order valence-electron chi connectivity index (χ1n) is 8.49. The third-order valence-electron chi connectivity index (χ3n) is 3.73. The Hall–Kier alpha value is -2.73. The molecule has 2 N–H and O–H groups in total. The second-order valence-corrected chi connectivity index (χ2v) is 6.21. The predicted octanol–water partition coefficient (Wildman–Crippen LogP) is 4.56. The number of nitrogens with one attached hydrogen (secondary N) is 2.